The average Bonchev–Trinajstić information content (AvgIpc) is 3.29. The molecule has 35 heavy (non-hydrogen) atoms. The van der Waals surface area contributed by atoms with Gasteiger partial charge in [0.15, 0.2) is 0 Å². The Kier molecular flexibility index (Phi) is 7.72. The molecule has 1 saturated heterocycles. The van der Waals surface area contributed by atoms with Gasteiger partial charge in [-0.15, -0.1) is 0 Å². The molecule has 3 amide bonds. The number of nitrogens with zero attached hydrogens (tertiary/aromatic N) is 2. The van der Waals surface area contributed by atoms with Gasteiger partial charge in [0.1, 0.15) is 11.9 Å². The van der Waals surface area contributed by atoms with Crippen LogP contribution in [-0.2, 0) is 9.53 Å². The van der Waals surface area contributed by atoms with Crippen molar-refractivity contribution in [1.82, 2.24) is 9.47 Å². The van der Waals surface area contributed by atoms with Crippen molar-refractivity contribution >= 4 is 57.5 Å². The highest BCUT2D eigenvalue weighted by atomic mass is 127. The lowest BCUT2D eigenvalue weighted by Crippen LogP contribution is -2.45. The van der Waals surface area contributed by atoms with Crippen molar-refractivity contribution in [3.63, 3.8) is 0 Å². The van der Waals surface area contributed by atoms with Crippen LogP contribution in [0.4, 0.5) is 20.6 Å². The van der Waals surface area contributed by atoms with E-state index in [9.17, 15) is 18.8 Å². The van der Waals surface area contributed by atoms with Gasteiger partial charge in [-0.1, -0.05) is 11.6 Å². The number of anilines is 2. The average molecular weight is 611 g/mol. The van der Waals surface area contributed by atoms with Gasteiger partial charge in [-0.05, 0) is 71.1 Å². The SMILES string of the molecule is CO[C@@H]1C[C@H](C(=O)Nc2ccc(-n3cccc(I)c3=O)cc2F)N(C(=O)Nc2ccc(Cl)cc2)C1. The van der Waals surface area contributed by atoms with Crippen LogP contribution in [-0.4, -0.2) is 47.2 Å². The molecule has 2 heterocycles. The topological polar surface area (TPSA) is 92.7 Å². The Hall–Kier alpha value is -2.96. The molecule has 1 aromatic heterocycles. The molecular weight excluding hydrogens is 590 g/mol. The van der Waals surface area contributed by atoms with E-state index in [-0.39, 0.29) is 30.3 Å². The minimum absolute atomic E-state index is 0.0589. The van der Waals surface area contributed by atoms with Gasteiger partial charge in [-0.2, -0.15) is 0 Å². The van der Waals surface area contributed by atoms with Crippen molar-refractivity contribution in [2.24, 2.45) is 0 Å². The van der Waals surface area contributed by atoms with Crippen LogP contribution in [0.1, 0.15) is 6.42 Å². The number of carbonyl (C=O) groups is 2. The number of hydrogen-bond acceptors (Lipinski definition) is 4. The van der Waals surface area contributed by atoms with Crippen molar-refractivity contribution in [2.75, 3.05) is 24.3 Å². The summed E-state index contributed by atoms with van der Waals surface area (Å²) in [6, 6.07) is 12.7. The molecule has 0 spiro atoms. The molecule has 0 radical (unpaired) electrons. The molecular formula is C24H21ClFIN4O4. The second kappa shape index (κ2) is 10.8. The third-order valence-corrected chi connectivity index (χ3v) is 6.72. The van der Waals surface area contributed by atoms with E-state index in [0.29, 0.717) is 20.0 Å². The zero-order valence-electron chi connectivity index (χ0n) is 18.5. The molecule has 0 saturated carbocycles. The predicted molar refractivity (Wildman–Crippen MR) is 140 cm³/mol. The maximum absolute atomic E-state index is 14.9. The highest BCUT2D eigenvalue weighted by Gasteiger charge is 2.40. The van der Waals surface area contributed by atoms with Crippen molar-refractivity contribution < 1.29 is 18.7 Å². The normalized spacial score (nSPS) is 17.3. The van der Waals surface area contributed by atoms with E-state index >= 15 is 0 Å². The van der Waals surface area contributed by atoms with Crippen molar-refractivity contribution in [2.45, 2.75) is 18.6 Å². The Morgan fingerprint density at radius 2 is 1.89 bits per heavy atom. The number of rotatable bonds is 5. The fraction of sp³-hybridized carbons (Fsp3) is 0.208. The van der Waals surface area contributed by atoms with Gasteiger partial charge in [-0.3, -0.25) is 14.2 Å². The molecule has 1 aliphatic heterocycles. The number of urea groups is 1. The third kappa shape index (κ3) is 5.65. The Bertz CT molecular complexity index is 1320. The molecule has 0 unspecified atom stereocenters. The van der Waals surface area contributed by atoms with Crippen molar-refractivity contribution in [3.8, 4) is 5.69 Å². The molecule has 11 heteroatoms. The maximum Gasteiger partial charge on any atom is 0.322 e. The lowest BCUT2D eigenvalue weighted by atomic mass is 10.1. The number of nitrogens with one attached hydrogen (secondary N) is 2. The van der Waals surface area contributed by atoms with Crippen LogP contribution < -0.4 is 16.2 Å². The number of aromatic nitrogens is 1. The summed E-state index contributed by atoms with van der Waals surface area (Å²) >= 11 is 7.80. The molecule has 1 fully saturated rings. The summed E-state index contributed by atoms with van der Waals surface area (Å²) in [5.74, 6) is -1.26. The lowest BCUT2D eigenvalue weighted by Gasteiger charge is -2.24. The summed E-state index contributed by atoms with van der Waals surface area (Å²) in [7, 11) is 1.51. The Morgan fingerprint density at radius 1 is 1.14 bits per heavy atom. The van der Waals surface area contributed by atoms with Gasteiger partial charge < -0.3 is 20.3 Å². The van der Waals surface area contributed by atoms with E-state index in [1.165, 1.54) is 41.0 Å². The number of benzene rings is 2. The first-order valence-electron chi connectivity index (χ1n) is 10.6. The van der Waals surface area contributed by atoms with Gasteiger partial charge in [0, 0.05) is 43.0 Å². The summed E-state index contributed by atoms with van der Waals surface area (Å²) < 4.78 is 22.1. The number of amides is 3. The molecule has 0 aliphatic carbocycles. The number of hydrogen-bond donors (Lipinski definition) is 2. The zero-order valence-corrected chi connectivity index (χ0v) is 21.4. The van der Waals surface area contributed by atoms with E-state index < -0.39 is 23.8 Å². The van der Waals surface area contributed by atoms with Gasteiger partial charge in [0.05, 0.1) is 21.0 Å². The molecule has 3 aromatic rings. The van der Waals surface area contributed by atoms with Crippen LogP contribution in [0.15, 0.2) is 65.6 Å². The van der Waals surface area contributed by atoms with Crippen LogP contribution in [0.3, 0.4) is 0 Å². The summed E-state index contributed by atoms with van der Waals surface area (Å²) in [5.41, 5.74) is 0.514. The molecule has 2 aromatic carbocycles. The van der Waals surface area contributed by atoms with Crippen molar-refractivity contribution in [1.29, 1.82) is 0 Å². The fourth-order valence-corrected chi connectivity index (χ4v) is 4.41. The first-order valence-corrected chi connectivity index (χ1v) is 12.1. The first-order chi connectivity index (χ1) is 16.8. The number of methoxy groups -OCH3 is 1. The standard InChI is InChI=1S/C24H21ClFIN4O4/c1-35-17-12-21(31(13-17)24(34)28-15-6-4-14(25)5-7-15)22(32)29-20-9-8-16(11-18(20)26)30-10-2-3-19(27)23(30)33/h2-11,17,21H,12-13H2,1H3,(H,28,34)(H,29,32)/t17-,21-/m1/s1. The van der Waals surface area contributed by atoms with Gasteiger partial charge >= 0.3 is 6.03 Å². The molecule has 1 aliphatic rings. The predicted octanol–water partition coefficient (Wildman–Crippen LogP) is 4.49. The monoisotopic (exact) mass is 610 g/mol. The quantitative estimate of drug-likeness (QED) is 0.417. The van der Waals surface area contributed by atoms with E-state index in [1.54, 1.807) is 36.4 Å². The maximum atomic E-state index is 14.9. The highest BCUT2D eigenvalue weighted by Crippen LogP contribution is 2.25. The Labute approximate surface area is 219 Å². The van der Waals surface area contributed by atoms with Crippen LogP contribution in [0.2, 0.25) is 5.02 Å². The molecule has 4 rings (SSSR count). The van der Waals surface area contributed by atoms with Gasteiger partial charge in [0.25, 0.3) is 5.56 Å². The minimum Gasteiger partial charge on any atom is -0.380 e. The number of halogens is 3. The second-order valence-electron chi connectivity index (χ2n) is 7.88. The van der Waals surface area contributed by atoms with Crippen LogP contribution in [0.25, 0.3) is 5.69 Å². The van der Waals surface area contributed by atoms with Crippen LogP contribution in [0.5, 0.6) is 0 Å². The summed E-state index contributed by atoms with van der Waals surface area (Å²) in [5, 5.41) is 5.83. The van der Waals surface area contributed by atoms with E-state index in [1.807, 2.05) is 22.6 Å². The number of pyridine rings is 1. The van der Waals surface area contributed by atoms with Crippen LogP contribution in [0, 0.1) is 9.39 Å². The van der Waals surface area contributed by atoms with Gasteiger partial charge in [0.2, 0.25) is 5.91 Å². The van der Waals surface area contributed by atoms with Crippen LogP contribution >= 0.6 is 34.2 Å². The Balaban J connectivity index is 1.51. The molecule has 2 N–H and O–H groups in total. The first kappa shape index (κ1) is 25.1. The molecule has 8 nitrogen and oxygen atoms in total. The number of ether oxygens (including phenoxy) is 1. The molecule has 2 atom stereocenters. The fourth-order valence-electron chi connectivity index (χ4n) is 3.81. The van der Waals surface area contributed by atoms with E-state index in [4.69, 9.17) is 16.3 Å². The van der Waals surface area contributed by atoms with E-state index in [0.717, 1.165) is 0 Å². The molecule has 182 valence electrons. The summed E-state index contributed by atoms with van der Waals surface area (Å²) in [6.45, 7) is 0.199. The lowest BCUT2D eigenvalue weighted by molar-refractivity contribution is -0.119. The number of carbonyl (C=O) groups excluding carboxylic acids is 2. The zero-order chi connectivity index (χ0) is 25.1. The summed E-state index contributed by atoms with van der Waals surface area (Å²) in [4.78, 5) is 39.6. The largest absolute Gasteiger partial charge is 0.380 e. The van der Waals surface area contributed by atoms with Crippen molar-refractivity contribution in [3.05, 3.63) is 85.6 Å². The smallest absolute Gasteiger partial charge is 0.322 e. The van der Waals surface area contributed by atoms with E-state index in [2.05, 4.69) is 10.6 Å². The second-order valence-corrected chi connectivity index (χ2v) is 9.48. The Morgan fingerprint density at radius 3 is 2.57 bits per heavy atom. The third-order valence-electron chi connectivity index (χ3n) is 5.64. The highest BCUT2D eigenvalue weighted by molar-refractivity contribution is 14.1. The number of likely N-dealkylation sites (tertiary alicyclic amines) is 1. The summed E-state index contributed by atoms with van der Waals surface area (Å²) in [6.07, 6.45) is 1.45. The minimum atomic E-state index is -0.871. The molecule has 0 bridgehead atoms. The van der Waals surface area contributed by atoms with Gasteiger partial charge in [-0.25, -0.2) is 9.18 Å².